The third-order valence-corrected chi connectivity index (χ3v) is 8.90. The molecule has 2 N–H and O–H groups in total. The maximum absolute atomic E-state index is 10.3. The van der Waals surface area contributed by atoms with Crippen molar-refractivity contribution in [2.45, 2.75) is 238 Å². The second-order valence-corrected chi connectivity index (χ2v) is 13.0. The summed E-state index contributed by atoms with van der Waals surface area (Å²) in [6.45, 7) is 4.56. The van der Waals surface area contributed by atoms with Crippen LogP contribution in [0.2, 0.25) is 0 Å². The Morgan fingerprint density at radius 1 is 0.256 bits per heavy atom. The standard InChI is InChI=1S/C37H76O2/c1-3-5-7-9-11-13-14-15-16-17-18-19-20-21-22-23-24-25-27-29-31-33-35-37(39)36(38)34-32-30-28-26-12-10-8-6-4-2/h36-39H,3-35H2,1-2H3/t36-,37+/m1/s1. The van der Waals surface area contributed by atoms with Crippen molar-refractivity contribution >= 4 is 0 Å². The minimum absolute atomic E-state index is 0.510. The molecule has 2 heteroatoms. The number of hydrogen-bond acceptors (Lipinski definition) is 2. The van der Waals surface area contributed by atoms with Gasteiger partial charge in [0.1, 0.15) is 0 Å². The smallest absolute Gasteiger partial charge is 0.0799 e. The molecule has 2 atom stereocenters. The molecule has 0 amide bonds. The summed E-state index contributed by atoms with van der Waals surface area (Å²) in [5.74, 6) is 0. The fourth-order valence-corrected chi connectivity index (χ4v) is 6.01. The van der Waals surface area contributed by atoms with Crippen molar-refractivity contribution < 1.29 is 10.2 Å². The van der Waals surface area contributed by atoms with E-state index in [0.717, 1.165) is 25.7 Å². The summed E-state index contributed by atoms with van der Waals surface area (Å²) in [7, 11) is 0. The normalized spacial score (nSPS) is 13.2. The molecule has 2 nitrogen and oxygen atoms in total. The first-order valence-corrected chi connectivity index (χ1v) is 18.6. The predicted molar refractivity (Wildman–Crippen MR) is 176 cm³/mol. The molecular weight excluding hydrogens is 476 g/mol. The van der Waals surface area contributed by atoms with Gasteiger partial charge in [-0.25, -0.2) is 0 Å². The van der Waals surface area contributed by atoms with Crippen LogP contribution in [0, 0.1) is 0 Å². The van der Waals surface area contributed by atoms with E-state index in [1.54, 1.807) is 0 Å². The van der Waals surface area contributed by atoms with Crippen molar-refractivity contribution in [1.29, 1.82) is 0 Å². The molecule has 0 aromatic heterocycles. The molecule has 0 heterocycles. The molecule has 0 aliphatic carbocycles. The van der Waals surface area contributed by atoms with Gasteiger partial charge in [0.15, 0.2) is 0 Å². The number of aliphatic hydroxyl groups excluding tert-OH is 2. The van der Waals surface area contributed by atoms with Gasteiger partial charge in [0, 0.05) is 0 Å². The maximum atomic E-state index is 10.3. The van der Waals surface area contributed by atoms with Crippen LogP contribution >= 0.6 is 0 Å². The summed E-state index contributed by atoms with van der Waals surface area (Å²) in [6, 6.07) is 0. The Balaban J connectivity index is 3.22. The van der Waals surface area contributed by atoms with Gasteiger partial charge in [-0.05, 0) is 12.8 Å². The highest BCUT2D eigenvalue weighted by molar-refractivity contribution is 4.67. The van der Waals surface area contributed by atoms with Crippen LogP contribution in [0.25, 0.3) is 0 Å². The van der Waals surface area contributed by atoms with Crippen LogP contribution in [-0.4, -0.2) is 22.4 Å². The Morgan fingerprint density at radius 3 is 0.590 bits per heavy atom. The summed E-state index contributed by atoms with van der Waals surface area (Å²) >= 11 is 0. The van der Waals surface area contributed by atoms with Crippen LogP contribution < -0.4 is 0 Å². The second-order valence-electron chi connectivity index (χ2n) is 13.0. The van der Waals surface area contributed by atoms with Gasteiger partial charge < -0.3 is 10.2 Å². The van der Waals surface area contributed by atoms with Gasteiger partial charge in [-0.1, -0.05) is 213 Å². The van der Waals surface area contributed by atoms with Crippen LogP contribution in [0.4, 0.5) is 0 Å². The molecule has 0 spiro atoms. The third-order valence-electron chi connectivity index (χ3n) is 8.90. The van der Waals surface area contributed by atoms with Gasteiger partial charge in [-0.15, -0.1) is 0 Å². The van der Waals surface area contributed by atoms with Crippen LogP contribution in [0.3, 0.4) is 0 Å². The minimum atomic E-state index is -0.510. The van der Waals surface area contributed by atoms with E-state index in [9.17, 15) is 10.2 Å². The van der Waals surface area contributed by atoms with E-state index >= 15 is 0 Å². The van der Waals surface area contributed by atoms with Crippen molar-refractivity contribution in [2.75, 3.05) is 0 Å². The molecule has 0 aliphatic heterocycles. The van der Waals surface area contributed by atoms with E-state index < -0.39 is 12.2 Å². The summed E-state index contributed by atoms with van der Waals surface area (Å²) < 4.78 is 0. The lowest BCUT2D eigenvalue weighted by Gasteiger charge is -2.17. The fourth-order valence-electron chi connectivity index (χ4n) is 6.01. The highest BCUT2D eigenvalue weighted by Gasteiger charge is 2.15. The highest BCUT2D eigenvalue weighted by atomic mass is 16.3. The van der Waals surface area contributed by atoms with E-state index in [2.05, 4.69) is 13.8 Å². The van der Waals surface area contributed by atoms with E-state index in [0.29, 0.717) is 0 Å². The van der Waals surface area contributed by atoms with Crippen molar-refractivity contribution in [3.63, 3.8) is 0 Å². The monoisotopic (exact) mass is 553 g/mol. The van der Waals surface area contributed by atoms with E-state index in [-0.39, 0.29) is 0 Å². The minimum Gasteiger partial charge on any atom is -0.390 e. The topological polar surface area (TPSA) is 40.5 Å². The molecule has 39 heavy (non-hydrogen) atoms. The molecule has 0 bridgehead atoms. The van der Waals surface area contributed by atoms with Crippen molar-refractivity contribution in [3.8, 4) is 0 Å². The van der Waals surface area contributed by atoms with E-state index in [1.807, 2.05) is 0 Å². The van der Waals surface area contributed by atoms with Crippen molar-refractivity contribution in [3.05, 3.63) is 0 Å². The van der Waals surface area contributed by atoms with E-state index in [4.69, 9.17) is 0 Å². The summed E-state index contributed by atoms with van der Waals surface area (Å²) in [5.41, 5.74) is 0. The lowest BCUT2D eigenvalue weighted by molar-refractivity contribution is 0.00711. The Bertz CT molecular complexity index is 424. The van der Waals surface area contributed by atoms with Gasteiger partial charge in [-0.2, -0.15) is 0 Å². The summed E-state index contributed by atoms with van der Waals surface area (Å²) in [6.07, 6.45) is 43.1. The Hall–Kier alpha value is -0.0800. The number of hydrogen-bond donors (Lipinski definition) is 2. The lowest BCUT2D eigenvalue weighted by atomic mass is 9.99. The van der Waals surface area contributed by atoms with Crippen LogP contribution in [0.5, 0.6) is 0 Å². The van der Waals surface area contributed by atoms with Crippen LogP contribution in [0.15, 0.2) is 0 Å². The molecule has 236 valence electrons. The zero-order chi connectivity index (χ0) is 28.5. The molecule has 0 fully saturated rings. The van der Waals surface area contributed by atoms with E-state index in [1.165, 1.54) is 186 Å². The number of unbranched alkanes of at least 4 members (excludes halogenated alkanes) is 29. The first kappa shape index (κ1) is 38.9. The molecule has 0 aliphatic rings. The molecule has 0 radical (unpaired) electrons. The fraction of sp³-hybridized carbons (Fsp3) is 1.00. The second kappa shape index (κ2) is 34.1. The Morgan fingerprint density at radius 2 is 0.410 bits per heavy atom. The predicted octanol–water partition coefficient (Wildman–Crippen LogP) is 12.6. The Labute approximate surface area is 247 Å². The average Bonchev–Trinajstić information content (AvgIpc) is 2.94. The van der Waals surface area contributed by atoms with Crippen molar-refractivity contribution in [1.82, 2.24) is 0 Å². The highest BCUT2D eigenvalue weighted by Crippen LogP contribution is 2.17. The number of aliphatic hydroxyl groups is 2. The first-order valence-electron chi connectivity index (χ1n) is 18.6. The van der Waals surface area contributed by atoms with Gasteiger partial charge in [0.2, 0.25) is 0 Å². The third kappa shape index (κ3) is 32.3. The van der Waals surface area contributed by atoms with Crippen LogP contribution in [-0.2, 0) is 0 Å². The average molecular weight is 553 g/mol. The molecule has 0 aromatic rings. The first-order chi connectivity index (χ1) is 19.2. The van der Waals surface area contributed by atoms with Crippen molar-refractivity contribution in [2.24, 2.45) is 0 Å². The molecule has 0 rings (SSSR count). The quantitative estimate of drug-likeness (QED) is 0.0779. The largest absolute Gasteiger partial charge is 0.390 e. The van der Waals surface area contributed by atoms with Gasteiger partial charge in [-0.3, -0.25) is 0 Å². The van der Waals surface area contributed by atoms with Gasteiger partial charge in [0.05, 0.1) is 12.2 Å². The zero-order valence-corrected chi connectivity index (χ0v) is 27.4. The summed E-state index contributed by atoms with van der Waals surface area (Å²) in [4.78, 5) is 0. The zero-order valence-electron chi connectivity index (χ0n) is 27.4. The Kier molecular flexibility index (Phi) is 34.1. The molecule has 0 saturated heterocycles. The molecule has 0 saturated carbocycles. The molecule has 0 aromatic carbocycles. The maximum Gasteiger partial charge on any atom is 0.0799 e. The molecular formula is C37H76O2. The summed E-state index contributed by atoms with van der Waals surface area (Å²) in [5, 5.41) is 20.5. The SMILES string of the molecule is CCCCCCCCCCCCCCCCCCCCCCCC[C@H](O)[C@H](O)CCCCCCCCCCC. The number of rotatable bonds is 34. The van der Waals surface area contributed by atoms with Crippen LogP contribution in [0.1, 0.15) is 226 Å². The molecule has 0 unspecified atom stereocenters. The van der Waals surface area contributed by atoms with Gasteiger partial charge >= 0.3 is 0 Å². The lowest BCUT2D eigenvalue weighted by Crippen LogP contribution is -2.25. The van der Waals surface area contributed by atoms with Gasteiger partial charge in [0.25, 0.3) is 0 Å².